The monoisotopic (exact) mass is 305 g/mol. The van der Waals surface area contributed by atoms with Crippen LogP contribution in [0.4, 0.5) is 13.2 Å². The number of alkyl halides is 3. The molecule has 1 aromatic rings. The Bertz CT molecular complexity index is 494. The highest BCUT2D eigenvalue weighted by atomic mass is 19.4. The van der Waals surface area contributed by atoms with Crippen LogP contribution in [0.1, 0.15) is 31.3 Å². The van der Waals surface area contributed by atoms with Crippen LogP contribution in [0.2, 0.25) is 0 Å². The van der Waals surface area contributed by atoms with Gasteiger partial charge < -0.3 is 14.1 Å². The summed E-state index contributed by atoms with van der Waals surface area (Å²) in [5, 5.41) is 0. The fraction of sp³-hybridized carbons (Fsp3) is 0.643. The number of nitrogens with zero attached hydrogens (tertiary/aromatic N) is 1. The molecule has 1 fully saturated rings. The Labute approximate surface area is 120 Å². The second kappa shape index (κ2) is 6.09. The Hall–Kier alpha value is -1.50. The van der Waals surface area contributed by atoms with E-state index in [0.29, 0.717) is 5.76 Å². The summed E-state index contributed by atoms with van der Waals surface area (Å²) in [6, 6.07) is 3.62. The Balaban J connectivity index is 1.95. The van der Waals surface area contributed by atoms with E-state index in [1.54, 1.807) is 24.0 Å². The van der Waals surface area contributed by atoms with Gasteiger partial charge in [-0.05, 0) is 38.8 Å². The van der Waals surface area contributed by atoms with Crippen molar-refractivity contribution in [2.45, 2.75) is 51.6 Å². The number of carbonyl (C=O) groups is 1. The summed E-state index contributed by atoms with van der Waals surface area (Å²) in [7, 11) is 0. The Morgan fingerprint density at radius 1 is 1.48 bits per heavy atom. The van der Waals surface area contributed by atoms with E-state index in [2.05, 4.69) is 4.74 Å². The minimum Gasteiger partial charge on any atom is -0.464 e. The molecule has 2 rings (SSSR count). The van der Waals surface area contributed by atoms with E-state index in [9.17, 15) is 18.0 Å². The summed E-state index contributed by atoms with van der Waals surface area (Å²) in [6.45, 7) is 1.98. The number of furan rings is 1. The smallest absolute Gasteiger partial charge is 0.411 e. The van der Waals surface area contributed by atoms with Crippen molar-refractivity contribution >= 4 is 5.91 Å². The lowest BCUT2D eigenvalue weighted by Crippen LogP contribution is -2.41. The normalized spacial score (nSPS) is 16.8. The molecule has 1 atom stereocenters. The van der Waals surface area contributed by atoms with Crippen molar-refractivity contribution in [2.24, 2.45) is 0 Å². The first kappa shape index (κ1) is 15.9. The first-order chi connectivity index (χ1) is 9.76. The second-order valence-corrected chi connectivity index (χ2v) is 5.28. The van der Waals surface area contributed by atoms with Crippen LogP contribution < -0.4 is 0 Å². The third kappa shape index (κ3) is 4.77. The minimum absolute atomic E-state index is 0.0693. The van der Waals surface area contributed by atoms with Gasteiger partial charge in [0.05, 0.1) is 6.54 Å². The van der Waals surface area contributed by atoms with Gasteiger partial charge in [-0.2, -0.15) is 13.2 Å². The minimum atomic E-state index is -4.43. The lowest BCUT2D eigenvalue weighted by molar-refractivity contribution is -0.188. The number of carbonyl (C=O) groups excluding carboxylic acids is 1. The summed E-state index contributed by atoms with van der Waals surface area (Å²) < 4.78 is 46.5. The number of halogens is 3. The van der Waals surface area contributed by atoms with Crippen LogP contribution in [0.25, 0.3) is 0 Å². The number of rotatable bonds is 6. The molecule has 1 heterocycles. The Morgan fingerprint density at radius 2 is 2.14 bits per heavy atom. The molecule has 4 nitrogen and oxygen atoms in total. The molecule has 1 saturated carbocycles. The standard InChI is InChI=1S/C14H18F3NO3/c1-9-3-6-12(21-9)7-18(11-4-5-11)13(19)10(2)20-8-14(15,16)17/h3,6,10-11H,4-5,7-8H2,1-2H3. The largest absolute Gasteiger partial charge is 0.464 e. The molecule has 0 bridgehead atoms. The highest BCUT2D eigenvalue weighted by Crippen LogP contribution is 2.30. The van der Waals surface area contributed by atoms with E-state index < -0.39 is 24.8 Å². The highest BCUT2D eigenvalue weighted by Gasteiger charge is 2.37. The first-order valence-corrected chi connectivity index (χ1v) is 6.80. The molecule has 0 radical (unpaired) electrons. The number of hydrogen-bond acceptors (Lipinski definition) is 3. The predicted octanol–water partition coefficient (Wildman–Crippen LogP) is 3.05. The van der Waals surface area contributed by atoms with Gasteiger partial charge in [0.2, 0.25) is 0 Å². The van der Waals surface area contributed by atoms with E-state index in [1.807, 2.05) is 0 Å². The van der Waals surface area contributed by atoms with Crippen molar-refractivity contribution in [1.29, 1.82) is 0 Å². The first-order valence-electron chi connectivity index (χ1n) is 6.80. The fourth-order valence-electron chi connectivity index (χ4n) is 2.04. The zero-order valence-corrected chi connectivity index (χ0v) is 11.9. The third-order valence-electron chi connectivity index (χ3n) is 3.24. The molecular formula is C14H18F3NO3. The van der Waals surface area contributed by atoms with Crippen LogP contribution in [0.5, 0.6) is 0 Å². The van der Waals surface area contributed by atoms with Crippen molar-refractivity contribution < 1.29 is 27.1 Å². The molecule has 1 aliphatic carbocycles. The summed E-state index contributed by atoms with van der Waals surface area (Å²) in [5.74, 6) is 0.918. The van der Waals surface area contributed by atoms with Gasteiger partial charge in [-0.15, -0.1) is 0 Å². The van der Waals surface area contributed by atoms with E-state index in [1.165, 1.54) is 6.92 Å². The Morgan fingerprint density at radius 3 is 2.62 bits per heavy atom. The molecule has 0 N–H and O–H groups in total. The maximum absolute atomic E-state index is 12.2. The van der Waals surface area contributed by atoms with Crippen molar-refractivity contribution in [3.8, 4) is 0 Å². The maximum atomic E-state index is 12.2. The van der Waals surface area contributed by atoms with Crippen LogP contribution in [0, 0.1) is 6.92 Å². The lowest BCUT2D eigenvalue weighted by Gasteiger charge is -2.25. The van der Waals surface area contributed by atoms with Gasteiger partial charge in [0, 0.05) is 6.04 Å². The molecular weight excluding hydrogens is 287 g/mol. The van der Waals surface area contributed by atoms with Crippen LogP contribution in [-0.4, -0.2) is 35.7 Å². The third-order valence-corrected chi connectivity index (χ3v) is 3.24. The number of amides is 1. The predicted molar refractivity (Wildman–Crippen MR) is 68.5 cm³/mol. The average molecular weight is 305 g/mol. The van der Waals surface area contributed by atoms with Crippen molar-refractivity contribution in [2.75, 3.05) is 6.61 Å². The van der Waals surface area contributed by atoms with Crippen LogP contribution >= 0.6 is 0 Å². The van der Waals surface area contributed by atoms with Crippen LogP contribution in [-0.2, 0) is 16.1 Å². The molecule has 1 aromatic heterocycles. The van der Waals surface area contributed by atoms with Crippen LogP contribution in [0.3, 0.4) is 0 Å². The van der Waals surface area contributed by atoms with Crippen molar-refractivity contribution in [3.05, 3.63) is 23.7 Å². The molecule has 7 heteroatoms. The second-order valence-electron chi connectivity index (χ2n) is 5.28. The summed E-state index contributed by atoms with van der Waals surface area (Å²) in [5.41, 5.74) is 0. The van der Waals surface area contributed by atoms with Gasteiger partial charge >= 0.3 is 6.18 Å². The van der Waals surface area contributed by atoms with Crippen LogP contribution in [0.15, 0.2) is 16.5 Å². The maximum Gasteiger partial charge on any atom is 0.411 e. The molecule has 1 aliphatic rings. The molecule has 0 saturated heterocycles. The van der Waals surface area contributed by atoms with E-state index >= 15 is 0 Å². The highest BCUT2D eigenvalue weighted by molar-refractivity contribution is 5.81. The quantitative estimate of drug-likeness (QED) is 0.811. The van der Waals surface area contributed by atoms with Gasteiger partial charge in [-0.3, -0.25) is 4.79 Å². The molecule has 0 aromatic carbocycles. The van der Waals surface area contributed by atoms with Crippen molar-refractivity contribution in [3.63, 3.8) is 0 Å². The average Bonchev–Trinajstić information content (AvgIpc) is 3.15. The van der Waals surface area contributed by atoms with Gasteiger partial charge in [0.25, 0.3) is 5.91 Å². The fourth-order valence-corrected chi connectivity index (χ4v) is 2.04. The lowest BCUT2D eigenvalue weighted by atomic mass is 10.3. The summed E-state index contributed by atoms with van der Waals surface area (Å²) in [6.07, 6.45) is -3.84. The molecule has 118 valence electrons. The number of aryl methyl sites for hydroxylation is 1. The van der Waals surface area contributed by atoms with Gasteiger partial charge in [-0.1, -0.05) is 0 Å². The van der Waals surface area contributed by atoms with Gasteiger partial charge in [0.1, 0.15) is 24.2 Å². The van der Waals surface area contributed by atoms with Gasteiger partial charge in [0.15, 0.2) is 0 Å². The van der Waals surface area contributed by atoms with Crippen molar-refractivity contribution in [1.82, 2.24) is 4.90 Å². The van der Waals surface area contributed by atoms with E-state index in [4.69, 9.17) is 4.42 Å². The molecule has 1 unspecified atom stereocenters. The molecule has 0 aliphatic heterocycles. The van der Waals surface area contributed by atoms with E-state index in [-0.39, 0.29) is 12.6 Å². The SMILES string of the molecule is Cc1ccc(CN(C(=O)C(C)OCC(F)(F)F)C2CC2)o1. The van der Waals surface area contributed by atoms with E-state index in [0.717, 1.165) is 18.6 Å². The molecule has 0 spiro atoms. The number of ether oxygens (including phenoxy) is 1. The zero-order valence-electron chi connectivity index (χ0n) is 11.9. The summed E-state index contributed by atoms with van der Waals surface area (Å²) >= 11 is 0. The molecule has 21 heavy (non-hydrogen) atoms. The number of hydrogen-bond donors (Lipinski definition) is 0. The summed E-state index contributed by atoms with van der Waals surface area (Å²) in [4.78, 5) is 13.8. The zero-order chi connectivity index (χ0) is 15.6. The molecule has 1 amide bonds. The Kier molecular flexibility index (Phi) is 4.61. The topological polar surface area (TPSA) is 42.7 Å². The van der Waals surface area contributed by atoms with Gasteiger partial charge in [-0.25, -0.2) is 0 Å².